The number of carbonyl (C=O) groups excluding carboxylic acids is 1. The van der Waals surface area contributed by atoms with Crippen molar-refractivity contribution in [1.29, 1.82) is 0 Å². The highest BCUT2D eigenvalue weighted by molar-refractivity contribution is 5.72. The summed E-state index contributed by atoms with van der Waals surface area (Å²) in [6.07, 6.45) is -4.55. The number of hydrogen-bond acceptors (Lipinski definition) is 3. The molecule has 0 atom stereocenters. The highest BCUT2D eigenvalue weighted by Gasteiger charge is 2.35. The van der Waals surface area contributed by atoms with Gasteiger partial charge >= 0.3 is 12.1 Å². The van der Waals surface area contributed by atoms with Crippen LogP contribution in [0.3, 0.4) is 0 Å². The summed E-state index contributed by atoms with van der Waals surface area (Å²) >= 11 is 0. The number of aryl methyl sites for hydroxylation is 1. The Morgan fingerprint density at radius 3 is 2.33 bits per heavy atom. The van der Waals surface area contributed by atoms with Gasteiger partial charge in [0.2, 0.25) is 0 Å². The van der Waals surface area contributed by atoms with Crippen LogP contribution in [0.25, 0.3) is 0 Å². The van der Waals surface area contributed by atoms with Crippen molar-refractivity contribution in [3.05, 3.63) is 58.7 Å². The zero-order chi connectivity index (χ0) is 20.2. The molecule has 8 heteroatoms. The van der Waals surface area contributed by atoms with Gasteiger partial charge in [-0.25, -0.2) is 8.78 Å². The number of rotatable bonds is 6. The second-order valence-corrected chi connectivity index (χ2v) is 5.62. The van der Waals surface area contributed by atoms with Crippen molar-refractivity contribution >= 4 is 5.97 Å². The maximum Gasteiger partial charge on any atom is 0.416 e. The van der Waals surface area contributed by atoms with Crippen molar-refractivity contribution in [2.24, 2.45) is 0 Å². The number of hydrogen-bond donors (Lipinski definition) is 0. The summed E-state index contributed by atoms with van der Waals surface area (Å²) in [5, 5.41) is 0. The molecule has 0 aromatic heterocycles. The number of halogens is 5. The van der Waals surface area contributed by atoms with E-state index in [0.717, 1.165) is 24.3 Å². The van der Waals surface area contributed by atoms with Gasteiger partial charge in [-0.3, -0.25) is 4.79 Å². The molecule has 0 unspecified atom stereocenters. The molecule has 0 amide bonds. The minimum Gasteiger partial charge on any atom is -0.486 e. The Hall–Kier alpha value is -2.64. The van der Waals surface area contributed by atoms with Crippen LogP contribution in [0, 0.1) is 11.6 Å². The molecule has 27 heavy (non-hydrogen) atoms. The average Bonchev–Trinajstić information content (AvgIpc) is 2.61. The third kappa shape index (κ3) is 4.96. The quantitative estimate of drug-likeness (QED) is 0.376. The van der Waals surface area contributed by atoms with E-state index in [1.165, 1.54) is 13.0 Å². The fourth-order valence-corrected chi connectivity index (χ4v) is 2.37. The molecular weight excluding hydrogens is 371 g/mol. The van der Waals surface area contributed by atoms with Crippen molar-refractivity contribution in [3.8, 4) is 11.5 Å². The van der Waals surface area contributed by atoms with Crippen molar-refractivity contribution in [2.75, 3.05) is 0 Å². The molecule has 0 bridgehead atoms. The van der Waals surface area contributed by atoms with Gasteiger partial charge in [0.25, 0.3) is 0 Å². The molecule has 0 N–H and O–H groups in total. The van der Waals surface area contributed by atoms with Crippen molar-refractivity contribution < 1.29 is 36.2 Å². The van der Waals surface area contributed by atoms with Gasteiger partial charge < -0.3 is 9.47 Å². The Kier molecular flexibility index (Phi) is 6.41. The number of ether oxygens (including phenoxy) is 2. The van der Waals surface area contributed by atoms with Crippen LogP contribution in [0.5, 0.6) is 11.5 Å². The highest BCUT2D eigenvalue weighted by atomic mass is 19.4. The largest absolute Gasteiger partial charge is 0.486 e. The molecule has 0 spiro atoms. The molecule has 2 aromatic carbocycles. The lowest BCUT2D eigenvalue weighted by Gasteiger charge is -2.17. The summed E-state index contributed by atoms with van der Waals surface area (Å²) in [5.41, 5.74) is -1.45. The van der Waals surface area contributed by atoms with Gasteiger partial charge in [-0.05, 0) is 30.2 Å². The second kappa shape index (κ2) is 8.37. The van der Waals surface area contributed by atoms with E-state index >= 15 is 0 Å². The van der Waals surface area contributed by atoms with Crippen LogP contribution in [-0.2, 0) is 24.0 Å². The minimum absolute atomic E-state index is 0.0468. The minimum atomic E-state index is -4.75. The van der Waals surface area contributed by atoms with Gasteiger partial charge in [-0.2, -0.15) is 13.2 Å². The molecule has 0 aliphatic carbocycles. The lowest BCUT2D eigenvalue weighted by molar-refractivity contribution is -0.140. The second-order valence-electron chi connectivity index (χ2n) is 5.62. The Morgan fingerprint density at radius 1 is 1.04 bits per heavy atom. The molecule has 2 aromatic rings. The van der Waals surface area contributed by atoms with Gasteiger partial charge in [0.1, 0.15) is 18.2 Å². The van der Waals surface area contributed by atoms with Crippen LogP contribution < -0.4 is 9.47 Å². The predicted molar refractivity (Wildman–Crippen MR) is 87.4 cm³/mol. The number of carbonyl (C=O) groups is 1. The molecule has 3 nitrogen and oxygen atoms in total. The topological polar surface area (TPSA) is 35.5 Å². The third-order valence-electron chi connectivity index (χ3n) is 3.80. The molecule has 0 fully saturated rings. The van der Waals surface area contributed by atoms with Gasteiger partial charge in [0, 0.05) is 18.1 Å². The van der Waals surface area contributed by atoms with Crippen LogP contribution in [-0.4, -0.2) is 5.97 Å². The fourth-order valence-electron chi connectivity index (χ4n) is 2.37. The zero-order valence-corrected chi connectivity index (χ0v) is 14.6. The summed E-state index contributed by atoms with van der Waals surface area (Å²) in [6, 6.07) is 4.76. The van der Waals surface area contributed by atoms with Gasteiger partial charge in [0.15, 0.2) is 11.6 Å². The lowest BCUT2D eigenvalue weighted by Crippen LogP contribution is -2.15. The van der Waals surface area contributed by atoms with Crippen molar-refractivity contribution in [1.82, 2.24) is 0 Å². The standard InChI is InChI=1S/C19H17F5O3/c1-3-11-8-15(21)17(9-14(11)20)26-10-12-13(19(22,23)24)6-5-7-16(12)27-18(25)4-2/h5-9H,3-4,10H2,1-2H3. The molecule has 0 saturated carbocycles. The fraction of sp³-hybridized carbons (Fsp3) is 0.316. The highest BCUT2D eigenvalue weighted by Crippen LogP contribution is 2.37. The predicted octanol–water partition coefficient (Wildman–Crippen LogP) is 5.44. The SMILES string of the molecule is CCC(=O)Oc1cccc(C(F)(F)F)c1COc1cc(F)c(CC)cc1F. The summed E-state index contributed by atoms with van der Waals surface area (Å²) in [7, 11) is 0. The van der Waals surface area contributed by atoms with E-state index in [0.29, 0.717) is 0 Å². The lowest BCUT2D eigenvalue weighted by atomic mass is 10.1. The van der Waals surface area contributed by atoms with E-state index in [2.05, 4.69) is 0 Å². The van der Waals surface area contributed by atoms with Crippen molar-refractivity contribution in [3.63, 3.8) is 0 Å². The maximum absolute atomic E-state index is 14.0. The van der Waals surface area contributed by atoms with E-state index in [1.54, 1.807) is 6.92 Å². The Bertz CT molecular complexity index is 831. The van der Waals surface area contributed by atoms with E-state index in [4.69, 9.17) is 9.47 Å². The van der Waals surface area contributed by atoms with Gasteiger partial charge in [0.05, 0.1) is 5.56 Å². The Labute approximate surface area is 152 Å². The molecule has 146 valence electrons. The first-order valence-corrected chi connectivity index (χ1v) is 8.17. The van der Waals surface area contributed by atoms with E-state index < -0.39 is 47.3 Å². The van der Waals surface area contributed by atoms with Crippen LogP contribution in [0.15, 0.2) is 30.3 Å². The molecular formula is C19H17F5O3. The van der Waals surface area contributed by atoms with Crippen LogP contribution in [0.4, 0.5) is 22.0 Å². The number of benzene rings is 2. The van der Waals surface area contributed by atoms with Crippen LogP contribution in [0.2, 0.25) is 0 Å². The normalized spacial score (nSPS) is 11.4. The molecule has 2 rings (SSSR count). The molecule has 0 saturated heterocycles. The summed E-state index contributed by atoms with van der Waals surface area (Å²) < 4.78 is 77.7. The number of alkyl halides is 3. The van der Waals surface area contributed by atoms with Crippen molar-refractivity contribution in [2.45, 2.75) is 39.5 Å². The first-order chi connectivity index (χ1) is 12.7. The molecule has 0 aliphatic rings. The van der Waals surface area contributed by atoms with E-state index in [9.17, 15) is 26.7 Å². The van der Waals surface area contributed by atoms with Crippen LogP contribution >= 0.6 is 0 Å². The van der Waals surface area contributed by atoms with E-state index in [1.807, 2.05) is 0 Å². The maximum atomic E-state index is 14.0. The third-order valence-corrected chi connectivity index (χ3v) is 3.80. The summed E-state index contributed by atoms with van der Waals surface area (Å²) in [6.45, 7) is 2.36. The molecule has 0 heterocycles. The summed E-state index contributed by atoms with van der Waals surface area (Å²) in [5.74, 6) is -3.24. The summed E-state index contributed by atoms with van der Waals surface area (Å²) in [4.78, 5) is 11.5. The monoisotopic (exact) mass is 388 g/mol. The average molecular weight is 388 g/mol. The van der Waals surface area contributed by atoms with Gasteiger partial charge in [-0.15, -0.1) is 0 Å². The Balaban J connectivity index is 2.39. The molecule has 0 radical (unpaired) electrons. The Morgan fingerprint density at radius 2 is 1.74 bits per heavy atom. The zero-order valence-electron chi connectivity index (χ0n) is 14.6. The first-order valence-electron chi connectivity index (χ1n) is 8.17. The number of esters is 1. The van der Waals surface area contributed by atoms with Crippen LogP contribution in [0.1, 0.15) is 37.0 Å². The smallest absolute Gasteiger partial charge is 0.416 e. The van der Waals surface area contributed by atoms with E-state index in [-0.39, 0.29) is 24.2 Å². The van der Waals surface area contributed by atoms with Gasteiger partial charge in [-0.1, -0.05) is 19.9 Å². The molecule has 0 aliphatic heterocycles. The first kappa shape index (κ1) is 20.7.